The molecule has 84 valence electrons. The third-order valence-electron chi connectivity index (χ3n) is 2.93. The molecule has 0 atom stereocenters. The van der Waals surface area contributed by atoms with Crippen molar-refractivity contribution < 1.29 is 9.90 Å². The number of rotatable bonds is 2. The molecule has 2 aliphatic carbocycles. The predicted molar refractivity (Wildman–Crippen MR) is 61.7 cm³/mol. The first kappa shape index (κ1) is 12.0. The van der Waals surface area contributed by atoms with Gasteiger partial charge in [0.25, 0.3) is 0 Å². The molecule has 2 rings (SSSR count). The summed E-state index contributed by atoms with van der Waals surface area (Å²) in [6, 6.07) is 0. The zero-order chi connectivity index (χ0) is 11.1. The maximum Gasteiger partial charge on any atom is 0.306 e. The molecule has 1 saturated carbocycles. The van der Waals surface area contributed by atoms with Crippen LogP contribution in [0.2, 0.25) is 0 Å². The smallest absolute Gasteiger partial charge is 0.306 e. The molecule has 2 aliphatic rings. The van der Waals surface area contributed by atoms with E-state index in [0.29, 0.717) is 0 Å². The largest absolute Gasteiger partial charge is 0.481 e. The molecule has 2 nitrogen and oxygen atoms in total. The van der Waals surface area contributed by atoms with Crippen molar-refractivity contribution in [3.8, 4) is 0 Å². The van der Waals surface area contributed by atoms with E-state index in [1.807, 2.05) is 0 Å². The van der Waals surface area contributed by atoms with Crippen LogP contribution in [0.4, 0.5) is 0 Å². The second kappa shape index (κ2) is 6.44. The first-order chi connectivity index (χ1) is 7.24. The number of carboxylic acid groups (broad SMARTS) is 1. The SMILES string of the molecule is CCC1=CCCC=C1.O=C(O)C1CCC1. The van der Waals surface area contributed by atoms with E-state index in [4.69, 9.17) is 5.11 Å². The van der Waals surface area contributed by atoms with Gasteiger partial charge in [0, 0.05) is 0 Å². The van der Waals surface area contributed by atoms with E-state index in [2.05, 4.69) is 25.2 Å². The van der Waals surface area contributed by atoms with Gasteiger partial charge in [0.1, 0.15) is 0 Å². The Labute approximate surface area is 91.7 Å². The molecule has 0 aromatic carbocycles. The van der Waals surface area contributed by atoms with Gasteiger partial charge in [0.2, 0.25) is 0 Å². The van der Waals surface area contributed by atoms with E-state index in [9.17, 15) is 4.79 Å². The zero-order valence-corrected chi connectivity index (χ0v) is 9.41. The predicted octanol–water partition coefficient (Wildman–Crippen LogP) is 3.54. The van der Waals surface area contributed by atoms with Gasteiger partial charge < -0.3 is 5.11 Å². The van der Waals surface area contributed by atoms with Crippen LogP contribution < -0.4 is 0 Å². The monoisotopic (exact) mass is 208 g/mol. The van der Waals surface area contributed by atoms with Crippen molar-refractivity contribution >= 4 is 5.97 Å². The summed E-state index contributed by atoms with van der Waals surface area (Å²) in [5.74, 6) is -0.619. The Hall–Kier alpha value is -1.05. The van der Waals surface area contributed by atoms with E-state index < -0.39 is 5.97 Å². The van der Waals surface area contributed by atoms with Crippen molar-refractivity contribution in [2.45, 2.75) is 45.4 Å². The molecular formula is C13H20O2. The second-order valence-corrected chi connectivity index (χ2v) is 4.08. The fourth-order valence-electron chi connectivity index (χ4n) is 1.59. The average Bonchev–Trinajstić information content (AvgIpc) is 2.16. The standard InChI is InChI=1S/C8H12.C5H8O2/c1-2-8-6-4-3-5-7-8;6-5(7)4-2-1-3-4/h4,6-7H,2-3,5H2,1H3;4H,1-3H2,(H,6,7). The van der Waals surface area contributed by atoms with Crippen LogP contribution >= 0.6 is 0 Å². The third kappa shape index (κ3) is 4.32. The maximum atomic E-state index is 9.98. The highest BCUT2D eigenvalue weighted by Crippen LogP contribution is 2.25. The van der Waals surface area contributed by atoms with Crippen LogP contribution in [0.3, 0.4) is 0 Å². The Kier molecular flexibility index (Phi) is 5.16. The Bertz CT molecular complexity index is 260. The molecule has 0 saturated heterocycles. The first-order valence-electron chi connectivity index (χ1n) is 5.82. The maximum absolute atomic E-state index is 9.98. The average molecular weight is 208 g/mol. The fourth-order valence-corrected chi connectivity index (χ4v) is 1.59. The molecule has 1 N–H and O–H groups in total. The lowest BCUT2D eigenvalue weighted by molar-refractivity contribution is -0.144. The molecular weight excluding hydrogens is 188 g/mol. The van der Waals surface area contributed by atoms with E-state index >= 15 is 0 Å². The molecule has 0 aliphatic heterocycles. The Morgan fingerprint density at radius 1 is 1.47 bits per heavy atom. The molecule has 2 heteroatoms. The van der Waals surface area contributed by atoms with Gasteiger partial charge in [-0.05, 0) is 32.1 Å². The Morgan fingerprint density at radius 2 is 2.20 bits per heavy atom. The van der Waals surface area contributed by atoms with Crippen molar-refractivity contribution in [2.75, 3.05) is 0 Å². The lowest BCUT2D eigenvalue weighted by Crippen LogP contribution is -2.20. The van der Waals surface area contributed by atoms with Gasteiger partial charge in [-0.2, -0.15) is 0 Å². The molecule has 0 heterocycles. The second-order valence-electron chi connectivity index (χ2n) is 4.08. The number of carbonyl (C=O) groups is 1. The number of allylic oxidation sites excluding steroid dienone is 4. The molecule has 0 aromatic heterocycles. The summed E-state index contributed by atoms with van der Waals surface area (Å²) in [5, 5.41) is 8.23. The van der Waals surface area contributed by atoms with Crippen LogP contribution in [-0.4, -0.2) is 11.1 Å². The summed E-state index contributed by atoms with van der Waals surface area (Å²) in [5.41, 5.74) is 1.50. The highest BCUT2D eigenvalue weighted by atomic mass is 16.4. The quantitative estimate of drug-likeness (QED) is 0.753. The van der Waals surface area contributed by atoms with Crippen LogP contribution in [0, 0.1) is 5.92 Å². The molecule has 0 bridgehead atoms. The Morgan fingerprint density at radius 3 is 2.40 bits per heavy atom. The number of hydrogen-bond acceptors (Lipinski definition) is 1. The van der Waals surface area contributed by atoms with Gasteiger partial charge in [-0.1, -0.05) is 37.1 Å². The van der Waals surface area contributed by atoms with Gasteiger partial charge in [0.05, 0.1) is 5.92 Å². The van der Waals surface area contributed by atoms with E-state index in [-0.39, 0.29) is 5.92 Å². The van der Waals surface area contributed by atoms with Crippen LogP contribution in [-0.2, 0) is 4.79 Å². The van der Waals surface area contributed by atoms with Crippen molar-refractivity contribution in [3.63, 3.8) is 0 Å². The molecule has 0 amide bonds. The fraction of sp³-hybridized carbons (Fsp3) is 0.615. The zero-order valence-electron chi connectivity index (χ0n) is 9.41. The highest BCUT2D eigenvalue weighted by Gasteiger charge is 2.23. The third-order valence-corrected chi connectivity index (χ3v) is 2.93. The lowest BCUT2D eigenvalue weighted by Gasteiger charge is -2.19. The molecule has 15 heavy (non-hydrogen) atoms. The van der Waals surface area contributed by atoms with Gasteiger partial charge in [0.15, 0.2) is 0 Å². The minimum absolute atomic E-state index is 0.000000000000000444. The summed E-state index contributed by atoms with van der Waals surface area (Å²) in [6.45, 7) is 2.20. The van der Waals surface area contributed by atoms with Crippen molar-refractivity contribution in [3.05, 3.63) is 23.8 Å². The lowest BCUT2D eigenvalue weighted by atomic mass is 9.86. The highest BCUT2D eigenvalue weighted by molar-refractivity contribution is 5.70. The van der Waals surface area contributed by atoms with Gasteiger partial charge >= 0.3 is 5.97 Å². The van der Waals surface area contributed by atoms with Crippen molar-refractivity contribution in [1.29, 1.82) is 0 Å². The molecule has 1 fully saturated rings. The molecule has 0 aromatic rings. The molecule has 0 unspecified atom stereocenters. The topological polar surface area (TPSA) is 37.3 Å². The number of aliphatic carboxylic acids is 1. The minimum Gasteiger partial charge on any atom is -0.481 e. The summed E-state index contributed by atoms with van der Waals surface area (Å²) >= 11 is 0. The number of hydrogen-bond donors (Lipinski definition) is 1. The molecule has 0 spiro atoms. The van der Waals surface area contributed by atoms with Crippen LogP contribution in [0.15, 0.2) is 23.8 Å². The van der Waals surface area contributed by atoms with Gasteiger partial charge in [-0.25, -0.2) is 0 Å². The summed E-state index contributed by atoms with van der Waals surface area (Å²) in [6.07, 6.45) is 13.4. The summed E-state index contributed by atoms with van der Waals surface area (Å²) in [4.78, 5) is 9.98. The van der Waals surface area contributed by atoms with Crippen LogP contribution in [0.25, 0.3) is 0 Å². The van der Waals surface area contributed by atoms with Crippen LogP contribution in [0.1, 0.15) is 45.4 Å². The van der Waals surface area contributed by atoms with Gasteiger partial charge in [-0.15, -0.1) is 0 Å². The summed E-state index contributed by atoms with van der Waals surface area (Å²) < 4.78 is 0. The van der Waals surface area contributed by atoms with Gasteiger partial charge in [-0.3, -0.25) is 4.79 Å². The van der Waals surface area contributed by atoms with E-state index in [1.54, 1.807) is 0 Å². The van der Waals surface area contributed by atoms with E-state index in [1.165, 1.54) is 24.8 Å². The first-order valence-corrected chi connectivity index (χ1v) is 5.82. The van der Waals surface area contributed by atoms with E-state index in [0.717, 1.165) is 19.3 Å². The normalized spacial score (nSPS) is 19.7. The number of carboxylic acids is 1. The van der Waals surface area contributed by atoms with Crippen LogP contribution in [0.5, 0.6) is 0 Å². The Balaban J connectivity index is 0.000000151. The van der Waals surface area contributed by atoms with Crippen molar-refractivity contribution in [2.24, 2.45) is 5.92 Å². The minimum atomic E-state index is -0.619. The molecule has 0 radical (unpaired) electrons. The van der Waals surface area contributed by atoms with Crippen molar-refractivity contribution in [1.82, 2.24) is 0 Å². The summed E-state index contributed by atoms with van der Waals surface area (Å²) in [7, 11) is 0.